The summed E-state index contributed by atoms with van der Waals surface area (Å²) in [4.78, 5) is 33.8. The smallest absolute Gasteiger partial charge is 0.394 e. The van der Waals surface area contributed by atoms with E-state index in [1.807, 2.05) is 0 Å². The molecule has 1 aromatic rings. The second-order valence-electron chi connectivity index (χ2n) is 7.25. The third-order valence-corrected chi connectivity index (χ3v) is 5.39. The van der Waals surface area contributed by atoms with Crippen LogP contribution in [0.4, 0.5) is 5.82 Å². The first-order valence-corrected chi connectivity index (χ1v) is 10.6. The molecule has 2 fully saturated rings. The lowest BCUT2D eigenvalue weighted by atomic mass is 10.1. The molecule has 15 nitrogen and oxygen atoms in total. The second kappa shape index (κ2) is 8.80. The van der Waals surface area contributed by atoms with Crippen LogP contribution in [0.5, 0.6) is 0 Å². The molecule has 2 aliphatic rings. The van der Waals surface area contributed by atoms with Gasteiger partial charge >= 0.3 is 13.5 Å². The third kappa shape index (κ3) is 5.30. The van der Waals surface area contributed by atoms with Crippen LogP contribution in [-0.2, 0) is 23.3 Å². The zero-order valence-corrected chi connectivity index (χ0v) is 17.1. The Labute approximate surface area is 174 Å². The predicted octanol–water partition coefficient (Wildman–Crippen LogP) is -3.33. The number of aliphatic hydroxyl groups is 4. The molecule has 31 heavy (non-hydrogen) atoms. The van der Waals surface area contributed by atoms with Crippen molar-refractivity contribution < 1.29 is 53.5 Å². The molecule has 0 saturated carbocycles. The number of rotatable bonds is 7. The van der Waals surface area contributed by atoms with Gasteiger partial charge in [-0.2, -0.15) is 4.98 Å². The normalized spacial score (nSPS) is 36.2. The quantitative estimate of drug-likeness (QED) is 0.153. The number of aromatic nitrogens is 2. The average molecular weight is 469 g/mol. The van der Waals surface area contributed by atoms with Crippen LogP contribution in [0.1, 0.15) is 18.2 Å². The van der Waals surface area contributed by atoms with E-state index < -0.39 is 75.9 Å². The number of phosphoric ester groups is 1. The van der Waals surface area contributed by atoms with E-state index in [9.17, 15) is 29.8 Å². The van der Waals surface area contributed by atoms with Gasteiger partial charge in [0.25, 0.3) is 5.97 Å². The van der Waals surface area contributed by atoms with Crippen molar-refractivity contribution in [3.8, 4) is 0 Å². The topological polar surface area (TPSA) is 236 Å². The van der Waals surface area contributed by atoms with E-state index in [0.717, 1.165) is 4.57 Å². The molecule has 0 bridgehead atoms. The zero-order chi connectivity index (χ0) is 23.1. The van der Waals surface area contributed by atoms with Crippen LogP contribution >= 0.6 is 7.82 Å². The molecule has 0 aromatic carbocycles. The molecule has 1 aromatic heterocycles. The molecule has 0 aliphatic carbocycles. The Kier molecular flexibility index (Phi) is 6.86. The molecular weight excluding hydrogens is 445 g/mol. The summed E-state index contributed by atoms with van der Waals surface area (Å²) in [6, 6.07) is 0. The number of nitrogens with zero attached hydrogens (tertiary/aromatic N) is 2. The highest BCUT2D eigenvalue weighted by atomic mass is 31.2. The number of hydrogen-bond donors (Lipinski definition) is 7. The van der Waals surface area contributed by atoms with Crippen molar-refractivity contribution in [2.24, 2.45) is 0 Å². The van der Waals surface area contributed by atoms with E-state index in [1.165, 1.54) is 6.20 Å². The molecule has 0 radical (unpaired) electrons. The number of hydrogen-bond acceptors (Lipinski definition) is 12. The molecule has 8 N–H and O–H groups in total. The second-order valence-corrected chi connectivity index (χ2v) is 8.49. The van der Waals surface area contributed by atoms with E-state index in [4.69, 9.17) is 29.7 Å². The number of aryl methyl sites for hydroxylation is 1. The van der Waals surface area contributed by atoms with Crippen molar-refractivity contribution in [2.75, 3.05) is 18.9 Å². The molecule has 176 valence electrons. The lowest BCUT2D eigenvalue weighted by molar-refractivity contribution is -0.376. The molecule has 16 heteroatoms. The van der Waals surface area contributed by atoms with E-state index in [1.54, 1.807) is 6.92 Å². The Morgan fingerprint density at radius 1 is 1.39 bits per heavy atom. The van der Waals surface area contributed by atoms with Crippen LogP contribution in [0.25, 0.3) is 0 Å². The van der Waals surface area contributed by atoms with Crippen molar-refractivity contribution in [3.63, 3.8) is 0 Å². The minimum atomic E-state index is -4.91. The van der Waals surface area contributed by atoms with Gasteiger partial charge in [-0.25, -0.2) is 9.36 Å². The lowest BCUT2D eigenvalue weighted by Gasteiger charge is -2.30. The first-order chi connectivity index (χ1) is 14.3. The van der Waals surface area contributed by atoms with Crippen molar-refractivity contribution in [2.45, 2.75) is 56.1 Å². The third-order valence-electron chi connectivity index (χ3n) is 4.90. The molecule has 3 heterocycles. The van der Waals surface area contributed by atoms with Gasteiger partial charge in [-0.1, -0.05) is 0 Å². The van der Waals surface area contributed by atoms with Crippen molar-refractivity contribution >= 4 is 13.6 Å². The van der Waals surface area contributed by atoms with Crippen LogP contribution in [0.3, 0.4) is 0 Å². The Morgan fingerprint density at radius 2 is 2.06 bits per heavy atom. The summed E-state index contributed by atoms with van der Waals surface area (Å²) in [6.45, 7) is 0.141. The van der Waals surface area contributed by atoms with Gasteiger partial charge in [0, 0.05) is 11.8 Å². The fraction of sp³-hybridized carbons (Fsp3) is 0.733. The van der Waals surface area contributed by atoms with Gasteiger partial charge in [0.2, 0.25) is 0 Å². The van der Waals surface area contributed by atoms with Crippen molar-refractivity contribution in [1.82, 2.24) is 9.55 Å². The molecule has 7 atom stereocenters. The molecule has 0 unspecified atom stereocenters. The number of nitrogens with two attached hydrogens (primary N) is 1. The molecule has 2 saturated heterocycles. The Morgan fingerprint density at radius 3 is 2.65 bits per heavy atom. The van der Waals surface area contributed by atoms with Gasteiger partial charge in [-0.15, -0.1) is 0 Å². The number of nitrogen functional groups attached to an aromatic ring is 1. The first-order valence-electron chi connectivity index (χ1n) is 9.09. The molecule has 0 amide bonds. The monoisotopic (exact) mass is 469 g/mol. The first kappa shape index (κ1) is 24.2. The van der Waals surface area contributed by atoms with Crippen LogP contribution in [-0.4, -0.2) is 89.5 Å². The lowest BCUT2D eigenvalue weighted by Crippen LogP contribution is -2.46. The van der Waals surface area contributed by atoms with Crippen LogP contribution in [0.2, 0.25) is 0 Å². The van der Waals surface area contributed by atoms with Gasteiger partial charge in [-0.3, -0.25) is 9.09 Å². The van der Waals surface area contributed by atoms with Crippen LogP contribution in [0, 0.1) is 6.92 Å². The molecule has 3 rings (SSSR count). The fourth-order valence-electron chi connectivity index (χ4n) is 3.35. The summed E-state index contributed by atoms with van der Waals surface area (Å²) in [5, 5.41) is 40.3. The summed E-state index contributed by atoms with van der Waals surface area (Å²) in [5.74, 6) is -2.51. The highest BCUT2D eigenvalue weighted by Crippen LogP contribution is 2.41. The minimum Gasteiger partial charge on any atom is -0.394 e. The number of anilines is 1. The molecule has 2 aliphatic heterocycles. The van der Waals surface area contributed by atoms with Gasteiger partial charge < -0.3 is 50.2 Å². The van der Waals surface area contributed by atoms with Crippen LogP contribution < -0.4 is 11.4 Å². The van der Waals surface area contributed by atoms with Gasteiger partial charge in [0.05, 0.1) is 25.7 Å². The van der Waals surface area contributed by atoms with E-state index in [-0.39, 0.29) is 5.82 Å². The number of ether oxygens (including phenoxy) is 3. The highest BCUT2D eigenvalue weighted by Gasteiger charge is 2.54. The van der Waals surface area contributed by atoms with Crippen molar-refractivity contribution in [3.05, 3.63) is 22.2 Å². The van der Waals surface area contributed by atoms with Crippen LogP contribution in [0.15, 0.2) is 11.0 Å². The minimum absolute atomic E-state index is 0.0506. The van der Waals surface area contributed by atoms with E-state index >= 15 is 0 Å². The average Bonchev–Trinajstić information content (AvgIpc) is 3.12. The summed E-state index contributed by atoms with van der Waals surface area (Å²) in [5.41, 5.74) is 5.09. The summed E-state index contributed by atoms with van der Waals surface area (Å²) in [6.07, 6.45) is -7.73. The maximum atomic E-state index is 12.4. The van der Waals surface area contributed by atoms with E-state index in [0.29, 0.717) is 5.56 Å². The number of phosphoric acid groups is 1. The van der Waals surface area contributed by atoms with Gasteiger partial charge in [0.15, 0.2) is 6.23 Å². The predicted molar refractivity (Wildman–Crippen MR) is 98.0 cm³/mol. The maximum Gasteiger partial charge on any atom is 0.469 e. The Hall–Kier alpha value is -1.49. The zero-order valence-electron chi connectivity index (χ0n) is 16.2. The highest BCUT2D eigenvalue weighted by molar-refractivity contribution is 7.46. The van der Waals surface area contributed by atoms with Crippen molar-refractivity contribution in [1.29, 1.82) is 0 Å². The van der Waals surface area contributed by atoms with Gasteiger partial charge in [-0.05, 0) is 6.92 Å². The standard InChI is InChI=1S/C15H24N3O12P/c1-6-3-18(14(22)17-12(6)16)13-11(10(21)9(28-13)5-27-31(24,25)26)30-15(23)2-7(20)8(4-19)29-15/h3,7-11,13,19-21,23H,2,4-5H2,1H3,(H2,16,17,22)(H2,24,25,26)/t7-,8+,9+,10-,11+,13+,15-/m0/s1. The number of aliphatic hydroxyl groups excluding tert-OH is 3. The SMILES string of the molecule is Cc1cn([C@@H]2O[C@H](COP(=O)(O)O)[C@H](O)[C@H]2O[C@]2(O)C[C@H](O)[C@@H](CO)O2)c(=O)nc1N. The maximum absolute atomic E-state index is 12.4. The fourth-order valence-corrected chi connectivity index (χ4v) is 3.69. The molecule has 0 spiro atoms. The Balaban J connectivity index is 1.91. The molecular formula is C15H24N3O12P. The summed E-state index contributed by atoms with van der Waals surface area (Å²) >= 11 is 0. The van der Waals surface area contributed by atoms with Gasteiger partial charge in [0.1, 0.15) is 30.2 Å². The largest absolute Gasteiger partial charge is 0.469 e. The summed E-state index contributed by atoms with van der Waals surface area (Å²) < 4.78 is 32.4. The summed E-state index contributed by atoms with van der Waals surface area (Å²) in [7, 11) is -4.91. The van der Waals surface area contributed by atoms with E-state index in [2.05, 4.69) is 9.51 Å². The Bertz CT molecular complexity index is 908.